The summed E-state index contributed by atoms with van der Waals surface area (Å²) in [5, 5.41) is 0. The van der Waals surface area contributed by atoms with E-state index in [-0.39, 0.29) is 18.2 Å². The van der Waals surface area contributed by atoms with Gasteiger partial charge in [-0.25, -0.2) is 4.79 Å². The van der Waals surface area contributed by atoms with E-state index in [2.05, 4.69) is 6.08 Å². The summed E-state index contributed by atoms with van der Waals surface area (Å²) >= 11 is 0. The minimum atomic E-state index is -0.197. The maximum Gasteiger partial charge on any atom is 0.334 e. The zero-order valence-corrected chi connectivity index (χ0v) is 14.0. The van der Waals surface area contributed by atoms with Gasteiger partial charge in [0.2, 0.25) is 0 Å². The predicted molar refractivity (Wildman–Crippen MR) is 88.2 cm³/mol. The van der Waals surface area contributed by atoms with Crippen molar-refractivity contribution < 1.29 is 19.0 Å². The number of carbonyl (C=O) groups is 1. The normalized spacial score (nSPS) is 34.9. The number of rotatable bonds is 4. The van der Waals surface area contributed by atoms with Crippen LogP contribution in [0.1, 0.15) is 57.8 Å². The lowest BCUT2D eigenvalue weighted by atomic mass is 9.86. The minimum Gasteiger partial charge on any atom is -0.483 e. The van der Waals surface area contributed by atoms with Crippen molar-refractivity contribution in [2.75, 3.05) is 0 Å². The summed E-state index contributed by atoms with van der Waals surface area (Å²) in [6.07, 6.45) is 14.4. The van der Waals surface area contributed by atoms with E-state index in [0.717, 1.165) is 56.3 Å². The number of fused-ring (bicyclic) bond motifs is 2. The van der Waals surface area contributed by atoms with Crippen molar-refractivity contribution in [1.82, 2.24) is 0 Å². The van der Waals surface area contributed by atoms with Crippen LogP contribution < -0.4 is 0 Å². The predicted octanol–water partition coefficient (Wildman–Crippen LogP) is 3.72. The Hall–Kier alpha value is -1.55. The highest BCUT2D eigenvalue weighted by atomic mass is 16.6. The molecule has 0 bridgehead atoms. The van der Waals surface area contributed by atoms with Gasteiger partial charge in [0, 0.05) is 11.1 Å². The van der Waals surface area contributed by atoms with Crippen molar-refractivity contribution in [2.45, 2.75) is 82.2 Å². The van der Waals surface area contributed by atoms with Gasteiger partial charge in [-0.05, 0) is 69.4 Å². The number of epoxide rings is 2. The maximum atomic E-state index is 12.7. The second kappa shape index (κ2) is 5.76. The average Bonchev–Trinajstić information content (AvgIpc) is 3.52. The first-order valence-electron chi connectivity index (χ1n) is 9.45. The van der Waals surface area contributed by atoms with Crippen molar-refractivity contribution in [3.63, 3.8) is 0 Å². The van der Waals surface area contributed by atoms with Gasteiger partial charge in [0.05, 0.1) is 6.10 Å². The number of esters is 1. The van der Waals surface area contributed by atoms with E-state index in [1.807, 2.05) is 6.08 Å². The second-order valence-corrected chi connectivity index (χ2v) is 7.57. The van der Waals surface area contributed by atoms with Crippen LogP contribution in [0.15, 0.2) is 34.6 Å². The Labute approximate surface area is 142 Å². The van der Waals surface area contributed by atoms with Gasteiger partial charge in [0.15, 0.2) is 6.10 Å². The van der Waals surface area contributed by atoms with E-state index < -0.39 is 0 Å². The molecule has 4 heteroatoms. The molecule has 0 radical (unpaired) electrons. The molecule has 4 atom stereocenters. The van der Waals surface area contributed by atoms with E-state index in [4.69, 9.17) is 14.2 Å². The van der Waals surface area contributed by atoms with Gasteiger partial charge in [0.1, 0.15) is 18.0 Å². The van der Waals surface area contributed by atoms with E-state index in [1.165, 1.54) is 24.0 Å². The third-order valence-corrected chi connectivity index (χ3v) is 5.89. The molecule has 0 spiro atoms. The number of hydrogen-bond donors (Lipinski definition) is 0. The van der Waals surface area contributed by atoms with Crippen molar-refractivity contribution in [1.29, 1.82) is 0 Å². The topological polar surface area (TPSA) is 51.4 Å². The fraction of sp³-hybridized carbons (Fsp3) is 0.650. The Morgan fingerprint density at radius 3 is 2.96 bits per heavy atom. The third-order valence-electron chi connectivity index (χ3n) is 5.89. The first kappa shape index (κ1) is 14.8. The van der Waals surface area contributed by atoms with Crippen LogP contribution in [0.25, 0.3) is 0 Å². The summed E-state index contributed by atoms with van der Waals surface area (Å²) in [6, 6.07) is 0. The highest BCUT2D eigenvalue weighted by Gasteiger charge is 2.44. The molecule has 3 aliphatic carbocycles. The lowest BCUT2D eigenvalue weighted by molar-refractivity contribution is -0.141. The van der Waals surface area contributed by atoms with Crippen LogP contribution in [0, 0.1) is 0 Å². The molecule has 5 rings (SSSR count). The summed E-state index contributed by atoms with van der Waals surface area (Å²) in [5.41, 5.74) is 3.31. The van der Waals surface area contributed by atoms with Crippen molar-refractivity contribution in [2.24, 2.45) is 0 Å². The van der Waals surface area contributed by atoms with E-state index in [0.29, 0.717) is 12.2 Å². The lowest BCUT2D eigenvalue weighted by Crippen LogP contribution is -2.27. The molecule has 0 amide bonds. The zero-order chi connectivity index (χ0) is 16.1. The van der Waals surface area contributed by atoms with Crippen LogP contribution in [0.2, 0.25) is 0 Å². The largest absolute Gasteiger partial charge is 0.483 e. The molecule has 2 aliphatic heterocycles. The molecular formula is C20H24O4. The quantitative estimate of drug-likeness (QED) is 0.448. The van der Waals surface area contributed by atoms with Gasteiger partial charge in [-0.2, -0.15) is 0 Å². The minimum absolute atomic E-state index is 0.154. The molecule has 2 saturated heterocycles. The Morgan fingerprint density at radius 2 is 2.12 bits per heavy atom. The zero-order valence-electron chi connectivity index (χ0n) is 14.0. The Bertz CT molecular complexity index is 657. The summed E-state index contributed by atoms with van der Waals surface area (Å²) < 4.78 is 17.3. The maximum absolute atomic E-state index is 12.7. The van der Waals surface area contributed by atoms with Crippen LogP contribution in [-0.4, -0.2) is 30.4 Å². The highest BCUT2D eigenvalue weighted by Crippen LogP contribution is 2.45. The molecular weight excluding hydrogens is 304 g/mol. The summed E-state index contributed by atoms with van der Waals surface area (Å²) in [7, 11) is 0. The van der Waals surface area contributed by atoms with Crippen molar-refractivity contribution in [3.05, 3.63) is 34.6 Å². The summed E-state index contributed by atoms with van der Waals surface area (Å²) in [4.78, 5) is 12.7. The third kappa shape index (κ3) is 2.71. The van der Waals surface area contributed by atoms with Gasteiger partial charge >= 0.3 is 5.97 Å². The van der Waals surface area contributed by atoms with Crippen LogP contribution in [-0.2, 0) is 19.0 Å². The van der Waals surface area contributed by atoms with E-state index in [1.54, 1.807) is 0 Å². The molecule has 4 nitrogen and oxygen atoms in total. The fourth-order valence-electron chi connectivity index (χ4n) is 4.39. The number of ether oxygens (including phenoxy) is 3. The first-order chi connectivity index (χ1) is 11.8. The molecule has 2 heterocycles. The van der Waals surface area contributed by atoms with E-state index >= 15 is 0 Å². The van der Waals surface area contributed by atoms with Gasteiger partial charge in [0.25, 0.3) is 0 Å². The Balaban J connectivity index is 1.39. The van der Waals surface area contributed by atoms with Gasteiger partial charge in [-0.15, -0.1) is 0 Å². The van der Waals surface area contributed by atoms with Gasteiger partial charge in [-0.3, -0.25) is 0 Å². The average molecular weight is 328 g/mol. The van der Waals surface area contributed by atoms with Crippen LogP contribution >= 0.6 is 0 Å². The van der Waals surface area contributed by atoms with E-state index in [9.17, 15) is 4.79 Å². The van der Waals surface area contributed by atoms with Crippen molar-refractivity contribution in [3.8, 4) is 0 Å². The summed E-state index contributed by atoms with van der Waals surface area (Å²) in [5.74, 6) is 0.949. The van der Waals surface area contributed by atoms with Crippen molar-refractivity contribution >= 4 is 5.97 Å². The lowest BCUT2D eigenvalue weighted by Gasteiger charge is -2.26. The molecule has 5 aliphatic rings. The summed E-state index contributed by atoms with van der Waals surface area (Å²) in [6.45, 7) is 0. The Morgan fingerprint density at radius 1 is 1.17 bits per heavy atom. The monoisotopic (exact) mass is 328 g/mol. The van der Waals surface area contributed by atoms with Crippen LogP contribution in [0.3, 0.4) is 0 Å². The molecule has 0 aromatic heterocycles. The standard InChI is InChI=1S/C20H24O4/c21-20(13-9-10-15-17(11-13)22-15)24-18(12-5-2-1-3-6-12)14-7-4-8-16-19(14)23-16/h5,11,15-18H,1-4,6-10H2. The molecule has 2 fully saturated rings. The molecule has 128 valence electrons. The number of allylic oxidation sites excluding steroid dienone is 1. The van der Waals surface area contributed by atoms with Crippen LogP contribution in [0.5, 0.6) is 0 Å². The molecule has 0 aromatic rings. The Kier molecular flexibility index (Phi) is 3.55. The number of hydrogen-bond acceptors (Lipinski definition) is 4. The molecule has 4 unspecified atom stereocenters. The molecule has 0 N–H and O–H groups in total. The highest BCUT2D eigenvalue weighted by molar-refractivity contribution is 5.89. The molecule has 24 heavy (non-hydrogen) atoms. The first-order valence-corrected chi connectivity index (χ1v) is 9.45. The van der Waals surface area contributed by atoms with Crippen LogP contribution in [0.4, 0.5) is 0 Å². The van der Waals surface area contributed by atoms with Gasteiger partial charge in [-0.1, -0.05) is 6.08 Å². The fourth-order valence-corrected chi connectivity index (χ4v) is 4.39. The smallest absolute Gasteiger partial charge is 0.334 e. The second-order valence-electron chi connectivity index (χ2n) is 7.57. The molecule has 0 saturated carbocycles. The number of carbonyl (C=O) groups excluding carboxylic acids is 1. The van der Waals surface area contributed by atoms with Gasteiger partial charge < -0.3 is 14.2 Å². The SMILES string of the molecule is O=C(OC(C1=CCCCC1)C1=C2OC2CCC1)C1=CC2OC2CC1. The molecule has 0 aromatic carbocycles.